The Morgan fingerprint density at radius 3 is 2.45 bits per heavy atom. The van der Waals surface area contributed by atoms with Crippen LogP contribution < -0.4 is 10.5 Å². The second kappa shape index (κ2) is 6.53. The van der Waals surface area contributed by atoms with E-state index < -0.39 is 22.9 Å². The lowest BCUT2D eigenvalue weighted by Crippen LogP contribution is -2.42. The molecule has 9 heteroatoms. The molecule has 0 unspecified atom stereocenters. The Morgan fingerprint density at radius 2 is 1.90 bits per heavy atom. The van der Waals surface area contributed by atoms with E-state index in [0.717, 1.165) is 9.87 Å². The van der Waals surface area contributed by atoms with E-state index in [-0.39, 0.29) is 6.54 Å². The summed E-state index contributed by atoms with van der Waals surface area (Å²) in [5, 5.41) is 0. The van der Waals surface area contributed by atoms with E-state index in [2.05, 4.69) is 0 Å². The number of nitrogens with two attached hydrogens (primary N) is 1. The first-order chi connectivity index (χ1) is 9.14. The Morgan fingerprint density at radius 1 is 1.30 bits per heavy atom. The molecule has 3 N–H and O–H groups in total. The molecule has 0 aliphatic heterocycles. The normalized spacial score (nSPS) is 12.9. The lowest BCUT2D eigenvalue weighted by Gasteiger charge is -2.18. The number of nitrogens with zero attached hydrogens (tertiary/aromatic N) is 1. The van der Waals surface area contributed by atoms with Gasteiger partial charge in [0.25, 0.3) is 10.2 Å². The molecular formula is C11H16F3N3O2S. The van der Waals surface area contributed by atoms with Crippen molar-refractivity contribution in [2.75, 3.05) is 13.6 Å². The highest BCUT2D eigenvalue weighted by atomic mass is 32.2. The fraction of sp³-hybridized carbons (Fsp3) is 0.455. The Kier molecular flexibility index (Phi) is 5.51. The van der Waals surface area contributed by atoms with Gasteiger partial charge in [0, 0.05) is 20.1 Å². The molecule has 114 valence electrons. The monoisotopic (exact) mass is 311 g/mol. The minimum atomic E-state index is -4.59. The summed E-state index contributed by atoms with van der Waals surface area (Å²) in [6.07, 6.45) is -4.59. The standard InChI is InChI=1S/C11H16F3N3O2S/c1-17(20(18,19)16-8-11(12,13)14)7-10-4-2-3-9(5-10)6-15/h2-5,16H,6-8,15H2,1H3. The summed E-state index contributed by atoms with van der Waals surface area (Å²) < 4.78 is 61.6. The van der Waals surface area contributed by atoms with Gasteiger partial charge in [-0.25, -0.2) is 0 Å². The Labute approximate surface area is 115 Å². The van der Waals surface area contributed by atoms with Crippen LogP contribution in [0.3, 0.4) is 0 Å². The van der Waals surface area contributed by atoms with E-state index >= 15 is 0 Å². The van der Waals surface area contributed by atoms with Gasteiger partial charge in [0.05, 0.1) is 0 Å². The van der Waals surface area contributed by atoms with Crippen molar-refractivity contribution in [1.82, 2.24) is 9.03 Å². The van der Waals surface area contributed by atoms with Crippen LogP contribution in [0.1, 0.15) is 11.1 Å². The maximum absolute atomic E-state index is 12.0. The minimum absolute atomic E-state index is 0.0406. The molecule has 1 aromatic rings. The first-order valence-corrected chi connectivity index (χ1v) is 7.13. The molecular weight excluding hydrogens is 295 g/mol. The summed E-state index contributed by atoms with van der Waals surface area (Å²) in [6, 6.07) is 6.87. The van der Waals surface area contributed by atoms with E-state index in [9.17, 15) is 21.6 Å². The first kappa shape index (κ1) is 16.9. The van der Waals surface area contributed by atoms with Gasteiger partial charge in [0.15, 0.2) is 0 Å². The summed E-state index contributed by atoms with van der Waals surface area (Å²) in [4.78, 5) is 0. The molecule has 0 atom stereocenters. The molecule has 0 saturated carbocycles. The molecule has 0 radical (unpaired) electrons. The quantitative estimate of drug-likeness (QED) is 0.822. The molecule has 0 aliphatic carbocycles. The highest BCUT2D eigenvalue weighted by Gasteiger charge is 2.30. The Bertz CT molecular complexity index is 546. The molecule has 0 fully saturated rings. The summed E-state index contributed by atoms with van der Waals surface area (Å²) in [5.74, 6) is 0. The van der Waals surface area contributed by atoms with Crippen LogP contribution in [0.15, 0.2) is 24.3 Å². The van der Waals surface area contributed by atoms with Gasteiger partial charge >= 0.3 is 6.18 Å². The lowest BCUT2D eigenvalue weighted by atomic mass is 10.1. The number of rotatable bonds is 6. The number of nitrogens with one attached hydrogen (secondary N) is 1. The average molecular weight is 311 g/mol. The zero-order chi connectivity index (χ0) is 15.4. The number of hydrogen-bond acceptors (Lipinski definition) is 3. The van der Waals surface area contributed by atoms with E-state index in [1.165, 1.54) is 11.8 Å². The molecule has 20 heavy (non-hydrogen) atoms. The molecule has 0 saturated heterocycles. The third kappa shape index (κ3) is 5.45. The topological polar surface area (TPSA) is 75.4 Å². The van der Waals surface area contributed by atoms with Crippen molar-refractivity contribution < 1.29 is 21.6 Å². The summed E-state index contributed by atoms with van der Waals surface area (Å²) in [6.45, 7) is -1.33. The van der Waals surface area contributed by atoms with Gasteiger partial charge in [0.1, 0.15) is 6.54 Å². The van der Waals surface area contributed by atoms with Crippen molar-refractivity contribution in [2.24, 2.45) is 5.73 Å². The second-order valence-electron chi connectivity index (χ2n) is 4.22. The number of alkyl halides is 3. The number of halogens is 3. The van der Waals surface area contributed by atoms with Gasteiger partial charge in [-0.05, 0) is 11.1 Å². The van der Waals surface area contributed by atoms with E-state index in [1.807, 2.05) is 0 Å². The third-order valence-electron chi connectivity index (χ3n) is 2.50. The zero-order valence-electron chi connectivity index (χ0n) is 10.8. The molecule has 0 bridgehead atoms. The first-order valence-electron chi connectivity index (χ1n) is 5.69. The Hall–Kier alpha value is -1.16. The van der Waals surface area contributed by atoms with Crippen molar-refractivity contribution in [3.63, 3.8) is 0 Å². The van der Waals surface area contributed by atoms with Gasteiger partial charge in [0.2, 0.25) is 0 Å². The average Bonchev–Trinajstić information content (AvgIpc) is 2.36. The molecule has 0 amide bonds. The van der Waals surface area contributed by atoms with Crippen LogP contribution in [0.2, 0.25) is 0 Å². The number of benzene rings is 1. The number of hydrogen-bond donors (Lipinski definition) is 2. The van der Waals surface area contributed by atoms with Gasteiger partial charge in [-0.15, -0.1) is 0 Å². The van der Waals surface area contributed by atoms with Gasteiger partial charge in [-0.3, -0.25) is 0 Å². The summed E-state index contributed by atoms with van der Waals surface area (Å²) >= 11 is 0. The minimum Gasteiger partial charge on any atom is -0.326 e. The van der Waals surface area contributed by atoms with Crippen LogP contribution >= 0.6 is 0 Å². The van der Waals surface area contributed by atoms with Crippen molar-refractivity contribution in [2.45, 2.75) is 19.3 Å². The van der Waals surface area contributed by atoms with Crippen LogP contribution in [0.5, 0.6) is 0 Å². The van der Waals surface area contributed by atoms with Crippen molar-refractivity contribution >= 4 is 10.2 Å². The lowest BCUT2D eigenvalue weighted by molar-refractivity contribution is -0.121. The summed E-state index contributed by atoms with van der Waals surface area (Å²) in [5.41, 5.74) is 6.92. The van der Waals surface area contributed by atoms with Crippen LogP contribution in [0, 0.1) is 0 Å². The van der Waals surface area contributed by atoms with E-state index in [4.69, 9.17) is 5.73 Å². The molecule has 1 aromatic carbocycles. The molecule has 5 nitrogen and oxygen atoms in total. The Balaban J connectivity index is 2.71. The fourth-order valence-corrected chi connectivity index (χ4v) is 2.37. The van der Waals surface area contributed by atoms with Gasteiger partial charge < -0.3 is 5.73 Å². The molecule has 0 spiro atoms. The SMILES string of the molecule is CN(Cc1cccc(CN)c1)S(=O)(=O)NCC(F)(F)F. The van der Waals surface area contributed by atoms with Crippen molar-refractivity contribution in [3.8, 4) is 0 Å². The van der Waals surface area contributed by atoms with Crippen LogP contribution in [-0.2, 0) is 23.3 Å². The molecule has 0 aliphatic rings. The van der Waals surface area contributed by atoms with E-state index in [0.29, 0.717) is 12.1 Å². The van der Waals surface area contributed by atoms with E-state index in [1.54, 1.807) is 24.3 Å². The molecule has 0 heterocycles. The van der Waals surface area contributed by atoms with Crippen LogP contribution in [-0.4, -0.2) is 32.5 Å². The van der Waals surface area contributed by atoms with Crippen molar-refractivity contribution in [1.29, 1.82) is 0 Å². The maximum atomic E-state index is 12.0. The predicted octanol–water partition coefficient (Wildman–Crippen LogP) is 0.974. The van der Waals surface area contributed by atoms with Gasteiger partial charge in [-0.1, -0.05) is 24.3 Å². The van der Waals surface area contributed by atoms with Crippen LogP contribution in [0.4, 0.5) is 13.2 Å². The molecule has 1 rings (SSSR count). The highest BCUT2D eigenvalue weighted by molar-refractivity contribution is 7.87. The summed E-state index contributed by atoms with van der Waals surface area (Å²) in [7, 11) is -2.98. The predicted molar refractivity (Wildman–Crippen MR) is 68.8 cm³/mol. The third-order valence-corrected chi connectivity index (χ3v) is 3.96. The largest absolute Gasteiger partial charge is 0.402 e. The maximum Gasteiger partial charge on any atom is 0.402 e. The molecule has 0 aromatic heterocycles. The highest BCUT2D eigenvalue weighted by Crippen LogP contribution is 2.14. The fourth-order valence-electron chi connectivity index (χ4n) is 1.48. The second-order valence-corrected chi connectivity index (χ2v) is 6.08. The van der Waals surface area contributed by atoms with Crippen molar-refractivity contribution in [3.05, 3.63) is 35.4 Å². The zero-order valence-corrected chi connectivity index (χ0v) is 11.6. The van der Waals surface area contributed by atoms with Gasteiger partial charge in [-0.2, -0.15) is 30.6 Å². The smallest absolute Gasteiger partial charge is 0.326 e. The van der Waals surface area contributed by atoms with Crippen LogP contribution in [0.25, 0.3) is 0 Å².